The van der Waals surface area contributed by atoms with Gasteiger partial charge in [0.1, 0.15) is 0 Å². The maximum Gasteiger partial charge on any atom is 0.0588 e. The van der Waals surface area contributed by atoms with Crippen LogP contribution in [-0.4, -0.2) is 22.9 Å². The largest absolute Gasteiger partial charge is 0.396 e. The predicted octanol–water partition coefficient (Wildman–Crippen LogP) is 1.41. The molecular weight excluding hydrogens is 140 g/mol. The van der Waals surface area contributed by atoms with Gasteiger partial charge in [0, 0.05) is 6.61 Å². The van der Waals surface area contributed by atoms with Crippen molar-refractivity contribution in [3.8, 4) is 0 Å². The molecule has 68 valence electrons. The average Bonchev–Trinajstić information content (AvgIpc) is 1.98. The highest BCUT2D eigenvalue weighted by atomic mass is 16.3. The van der Waals surface area contributed by atoms with Crippen LogP contribution >= 0.6 is 0 Å². The minimum absolute atomic E-state index is 0.221. The number of hydrogen-bond acceptors (Lipinski definition) is 2. The van der Waals surface area contributed by atoms with E-state index >= 15 is 0 Å². The third-order valence-electron chi connectivity index (χ3n) is 2.08. The molecule has 0 saturated carbocycles. The maximum absolute atomic E-state index is 9.54. The van der Waals surface area contributed by atoms with E-state index in [2.05, 4.69) is 0 Å². The Morgan fingerprint density at radius 1 is 1.18 bits per heavy atom. The Morgan fingerprint density at radius 2 is 1.73 bits per heavy atom. The van der Waals surface area contributed by atoms with Gasteiger partial charge in [-0.3, -0.25) is 0 Å². The van der Waals surface area contributed by atoms with E-state index in [1.807, 2.05) is 20.8 Å². The summed E-state index contributed by atoms with van der Waals surface area (Å²) in [6.45, 7) is 6.29. The van der Waals surface area contributed by atoms with Gasteiger partial charge < -0.3 is 10.2 Å². The van der Waals surface area contributed by atoms with Crippen LogP contribution in [0.4, 0.5) is 0 Å². The van der Waals surface area contributed by atoms with Crippen LogP contribution < -0.4 is 0 Å². The van der Waals surface area contributed by atoms with E-state index < -0.39 is 0 Å². The smallest absolute Gasteiger partial charge is 0.0588 e. The van der Waals surface area contributed by atoms with E-state index in [0.717, 1.165) is 12.8 Å². The number of aliphatic hydroxyl groups is 2. The van der Waals surface area contributed by atoms with E-state index in [0.29, 0.717) is 11.8 Å². The summed E-state index contributed by atoms with van der Waals surface area (Å²) in [6, 6.07) is 0. The molecule has 0 radical (unpaired) electrons. The van der Waals surface area contributed by atoms with Gasteiger partial charge >= 0.3 is 0 Å². The fraction of sp³-hybridized carbons (Fsp3) is 1.00. The zero-order valence-electron chi connectivity index (χ0n) is 7.75. The summed E-state index contributed by atoms with van der Waals surface area (Å²) in [6.07, 6.45) is 1.49. The SMILES string of the molecule is CC(C)[C@@H](O)[C@@H](C)CCCO. The molecule has 0 unspecified atom stereocenters. The van der Waals surface area contributed by atoms with Crippen LogP contribution in [0.5, 0.6) is 0 Å². The highest BCUT2D eigenvalue weighted by molar-refractivity contribution is 4.67. The quantitative estimate of drug-likeness (QED) is 0.638. The molecule has 0 aromatic carbocycles. The van der Waals surface area contributed by atoms with Gasteiger partial charge in [-0.2, -0.15) is 0 Å². The molecular formula is C9H20O2. The molecule has 2 heteroatoms. The number of aliphatic hydroxyl groups excluding tert-OH is 2. The fourth-order valence-corrected chi connectivity index (χ4v) is 1.24. The summed E-state index contributed by atoms with van der Waals surface area (Å²) in [7, 11) is 0. The minimum Gasteiger partial charge on any atom is -0.396 e. The summed E-state index contributed by atoms with van der Waals surface area (Å²) in [4.78, 5) is 0. The van der Waals surface area contributed by atoms with Crippen LogP contribution in [0.2, 0.25) is 0 Å². The standard InChI is InChI=1S/C9H20O2/c1-7(2)9(11)8(3)5-4-6-10/h7-11H,4-6H2,1-3H3/t8-,9+/m0/s1. The van der Waals surface area contributed by atoms with Gasteiger partial charge in [-0.05, 0) is 24.7 Å². The zero-order valence-corrected chi connectivity index (χ0v) is 7.75. The summed E-state index contributed by atoms with van der Waals surface area (Å²) in [5.74, 6) is 0.630. The lowest BCUT2D eigenvalue weighted by molar-refractivity contribution is 0.0651. The molecule has 0 aromatic heterocycles. The number of rotatable bonds is 5. The summed E-state index contributed by atoms with van der Waals surface area (Å²) in [5, 5.41) is 18.1. The first kappa shape index (κ1) is 10.9. The van der Waals surface area contributed by atoms with Crippen molar-refractivity contribution in [2.24, 2.45) is 11.8 Å². The maximum atomic E-state index is 9.54. The molecule has 0 bridgehead atoms. The Bertz CT molecular complexity index is 91.6. The first-order valence-corrected chi connectivity index (χ1v) is 4.38. The first-order valence-electron chi connectivity index (χ1n) is 4.38. The van der Waals surface area contributed by atoms with Crippen molar-refractivity contribution in [3.05, 3.63) is 0 Å². The van der Waals surface area contributed by atoms with Gasteiger partial charge in [0.05, 0.1) is 6.10 Å². The molecule has 0 aliphatic rings. The lowest BCUT2D eigenvalue weighted by Crippen LogP contribution is -2.23. The van der Waals surface area contributed by atoms with Crippen molar-refractivity contribution in [2.75, 3.05) is 6.61 Å². The van der Waals surface area contributed by atoms with Crippen LogP contribution in [0, 0.1) is 11.8 Å². The molecule has 0 amide bonds. The Balaban J connectivity index is 3.55. The van der Waals surface area contributed by atoms with Gasteiger partial charge in [-0.25, -0.2) is 0 Å². The van der Waals surface area contributed by atoms with Crippen molar-refractivity contribution >= 4 is 0 Å². The molecule has 0 aromatic rings. The van der Waals surface area contributed by atoms with Crippen LogP contribution in [-0.2, 0) is 0 Å². The average molecular weight is 160 g/mol. The van der Waals surface area contributed by atoms with Gasteiger partial charge in [0.25, 0.3) is 0 Å². The molecule has 0 spiro atoms. The van der Waals surface area contributed by atoms with Gasteiger partial charge in [-0.15, -0.1) is 0 Å². The van der Waals surface area contributed by atoms with Crippen LogP contribution in [0.1, 0.15) is 33.6 Å². The highest BCUT2D eigenvalue weighted by Crippen LogP contribution is 2.16. The topological polar surface area (TPSA) is 40.5 Å². The second-order valence-electron chi connectivity index (χ2n) is 3.58. The summed E-state index contributed by atoms with van der Waals surface area (Å²) < 4.78 is 0. The molecule has 0 saturated heterocycles. The molecule has 0 heterocycles. The van der Waals surface area contributed by atoms with Crippen molar-refractivity contribution < 1.29 is 10.2 Å². The first-order chi connectivity index (χ1) is 5.09. The Kier molecular flexibility index (Phi) is 5.51. The zero-order chi connectivity index (χ0) is 8.85. The number of hydrogen-bond donors (Lipinski definition) is 2. The van der Waals surface area contributed by atoms with E-state index in [-0.39, 0.29) is 12.7 Å². The second kappa shape index (κ2) is 5.56. The second-order valence-corrected chi connectivity index (χ2v) is 3.58. The highest BCUT2D eigenvalue weighted by Gasteiger charge is 2.16. The van der Waals surface area contributed by atoms with E-state index in [9.17, 15) is 5.11 Å². The summed E-state index contributed by atoms with van der Waals surface area (Å²) in [5.41, 5.74) is 0. The summed E-state index contributed by atoms with van der Waals surface area (Å²) >= 11 is 0. The molecule has 2 nitrogen and oxygen atoms in total. The van der Waals surface area contributed by atoms with Crippen LogP contribution in [0.15, 0.2) is 0 Å². The Hall–Kier alpha value is -0.0800. The molecule has 0 rings (SSSR count). The van der Waals surface area contributed by atoms with Crippen molar-refractivity contribution in [1.82, 2.24) is 0 Å². The van der Waals surface area contributed by atoms with Crippen LogP contribution in [0.25, 0.3) is 0 Å². The van der Waals surface area contributed by atoms with Gasteiger partial charge in [-0.1, -0.05) is 20.8 Å². The molecule has 11 heavy (non-hydrogen) atoms. The lowest BCUT2D eigenvalue weighted by atomic mass is 9.91. The van der Waals surface area contributed by atoms with Crippen molar-refractivity contribution in [3.63, 3.8) is 0 Å². The van der Waals surface area contributed by atoms with E-state index in [4.69, 9.17) is 5.11 Å². The lowest BCUT2D eigenvalue weighted by Gasteiger charge is -2.21. The molecule has 2 atom stereocenters. The van der Waals surface area contributed by atoms with Gasteiger partial charge in [0.2, 0.25) is 0 Å². The third kappa shape index (κ3) is 4.38. The fourth-order valence-electron chi connectivity index (χ4n) is 1.24. The predicted molar refractivity (Wildman–Crippen MR) is 46.3 cm³/mol. The molecule has 2 N–H and O–H groups in total. The molecule has 0 fully saturated rings. The van der Waals surface area contributed by atoms with Crippen LogP contribution in [0.3, 0.4) is 0 Å². The van der Waals surface area contributed by atoms with Crippen molar-refractivity contribution in [2.45, 2.75) is 39.7 Å². The normalized spacial score (nSPS) is 16.9. The Labute approximate surface area is 69.2 Å². The molecule has 0 aliphatic heterocycles. The van der Waals surface area contributed by atoms with Crippen molar-refractivity contribution in [1.29, 1.82) is 0 Å². The minimum atomic E-state index is -0.221. The third-order valence-corrected chi connectivity index (χ3v) is 2.08. The monoisotopic (exact) mass is 160 g/mol. The van der Waals surface area contributed by atoms with E-state index in [1.54, 1.807) is 0 Å². The van der Waals surface area contributed by atoms with E-state index in [1.165, 1.54) is 0 Å². The van der Waals surface area contributed by atoms with Gasteiger partial charge in [0.15, 0.2) is 0 Å². The molecule has 0 aliphatic carbocycles. The Morgan fingerprint density at radius 3 is 2.09 bits per heavy atom.